The van der Waals surface area contributed by atoms with E-state index >= 15 is 0 Å². The van der Waals surface area contributed by atoms with E-state index in [-0.39, 0.29) is 11.8 Å². The molecule has 8 nitrogen and oxygen atoms in total. The van der Waals surface area contributed by atoms with E-state index in [2.05, 4.69) is 17.0 Å². The summed E-state index contributed by atoms with van der Waals surface area (Å²) in [6, 6.07) is 13.1. The van der Waals surface area contributed by atoms with E-state index in [4.69, 9.17) is 14.6 Å². The molecule has 2 aromatic rings. The van der Waals surface area contributed by atoms with Crippen LogP contribution in [-0.2, 0) is 16.0 Å². The topological polar surface area (TPSA) is 89.5 Å². The van der Waals surface area contributed by atoms with Crippen LogP contribution >= 0.6 is 0 Å². The molecular formula is C24H29N3O5. The number of rotatable bonds is 8. The van der Waals surface area contributed by atoms with E-state index in [9.17, 15) is 9.59 Å². The third-order valence-corrected chi connectivity index (χ3v) is 5.49. The minimum absolute atomic E-state index is 0.0186. The van der Waals surface area contributed by atoms with E-state index in [1.807, 2.05) is 30.3 Å². The number of nitrogens with zero attached hydrogens (tertiary/aromatic N) is 2. The first-order valence-corrected chi connectivity index (χ1v) is 10.5. The molecule has 170 valence electrons. The van der Waals surface area contributed by atoms with Gasteiger partial charge in [-0.3, -0.25) is 10.1 Å². The summed E-state index contributed by atoms with van der Waals surface area (Å²) in [5.74, 6) is 1.36. The lowest BCUT2D eigenvalue weighted by Crippen LogP contribution is -2.38. The van der Waals surface area contributed by atoms with Crippen molar-refractivity contribution >= 4 is 23.4 Å². The number of carbonyl (C=O) groups excluding carboxylic acids is 2. The van der Waals surface area contributed by atoms with Crippen LogP contribution < -0.4 is 14.8 Å². The average Bonchev–Trinajstić information content (AvgIpc) is 2.83. The quantitative estimate of drug-likeness (QED) is 0.669. The van der Waals surface area contributed by atoms with Gasteiger partial charge in [-0.25, -0.2) is 9.80 Å². The Morgan fingerprint density at radius 3 is 2.44 bits per heavy atom. The van der Waals surface area contributed by atoms with Crippen molar-refractivity contribution in [2.45, 2.75) is 26.2 Å². The maximum absolute atomic E-state index is 12.7. The van der Waals surface area contributed by atoms with Gasteiger partial charge in [-0.05, 0) is 48.7 Å². The van der Waals surface area contributed by atoms with Crippen molar-refractivity contribution < 1.29 is 23.8 Å². The highest BCUT2D eigenvalue weighted by molar-refractivity contribution is 6.06. The summed E-state index contributed by atoms with van der Waals surface area (Å²) in [6.45, 7) is 2.53. The Morgan fingerprint density at radius 1 is 1.09 bits per heavy atom. The fourth-order valence-corrected chi connectivity index (χ4v) is 3.64. The smallest absolute Gasteiger partial charge is 0.411 e. The minimum Gasteiger partial charge on any atom is -0.493 e. The molecule has 3 rings (SSSR count). The Hall–Kier alpha value is -3.55. The van der Waals surface area contributed by atoms with E-state index in [1.54, 1.807) is 31.4 Å². The van der Waals surface area contributed by atoms with Gasteiger partial charge in [-0.1, -0.05) is 19.1 Å². The SMILES string of the molecule is CCC1CC(=O)N(CCc2ccc(NC(=O)OC)cc2)N=C1c1ccc(OC)c(OC)c1. The van der Waals surface area contributed by atoms with Gasteiger partial charge in [0.25, 0.3) is 0 Å². The van der Waals surface area contributed by atoms with Crippen LogP contribution in [0.3, 0.4) is 0 Å². The van der Waals surface area contributed by atoms with Crippen molar-refractivity contribution in [2.75, 3.05) is 33.2 Å². The third-order valence-electron chi connectivity index (χ3n) is 5.49. The van der Waals surface area contributed by atoms with Crippen molar-refractivity contribution in [2.24, 2.45) is 11.0 Å². The van der Waals surface area contributed by atoms with Crippen LogP contribution in [0.15, 0.2) is 47.6 Å². The first kappa shape index (κ1) is 23.1. The van der Waals surface area contributed by atoms with Crippen LogP contribution in [0.4, 0.5) is 10.5 Å². The Balaban J connectivity index is 1.76. The molecule has 0 fully saturated rings. The van der Waals surface area contributed by atoms with Gasteiger partial charge in [0.15, 0.2) is 11.5 Å². The number of amides is 2. The summed E-state index contributed by atoms with van der Waals surface area (Å²) >= 11 is 0. The first-order valence-electron chi connectivity index (χ1n) is 10.5. The largest absolute Gasteiger partial charge is 0.493 e. The minimum atomic E-state index is -0.515. The molecule has 0 saturated carbocycles. The highest BCUT2D eigenvalue weighted by atomic mass is 16.5. The molecule has 1 N–H and O–H groups in total. The second-order valence-corrected chi connectivity index (χ2v) is 7.44. The zero-order valence-electron chi connectivity index (χ0n) is 18.9. The second kappa shape index (κ2) is 10.7. The van der Waals surface area contributed by atoms with Gasteiger partial charge in [0.1, 0.15) is 0 Å². The van der Waals surface area contributed by atoms with Gasteiger partial charge in [-0.2, -0.15) is 5.10 Å². The molecule has 1 atom stereocenters. The maximum atomic E-state index is 12.7. The van der Waals surface area contributed by atoms with Crippen molar-refractivity contribution in [1.82, 2.24) is 5.01 Å². The zero-order valence-corrected chi connectivity index (χ0v) is 18.9. The summed E-state index contributed by atoms with van der Waals surface area (Å²) in [5.41, 5.74) is 3.49. The lowest BCUT2D eigenvalue weighted by Gasteiger charge is -2.29. The Labute approximate surface area is 188 Å². The van der Waals surface area contributed by atoms with Gasteiger partial charge >= 0.3 is 6.09 Å². The molecule has 0 radical (unpaired) electrons. The van der Waals surface area contributed by atoms with E-state index in [1.165, 1.54) is 7.11 Å². The maximum Gasteiger partial charge on any atom is 0.411 e. The Kier molecular flexibility index (Phi) is 7.70. The average molecular weight is 440 g/mol. The summed E-state index contributed by atoms with van der Waals surface area (Å²) in [5, 5.41) is 8.90. The Bertz CT molecular complexity index is 988. The molecule has 1 unspecified atom stereocenters. The number of carbonyl (C=O) groups is 2. The summed E-state index contributed by atoms with van der Waals surface area (Å²) in [4.78, 5) is 24.0. The van der Waals surface area contributed by atoms with Crippen molar-refractivity contribution in [3.8, 4) is 11.5 Å². The number of hydrogen-bond acceptors (Lipinski definition) is 6. The van der Waals surface area contributed by atoms with Crippen molar-refractivity contribution in [3.63, 3.8) is 0 Å². The van der Waals surface area contributed by atoms with Crippen LogP contribution in [0.1, 0.15) is 30.9 Å². The number of hydrogen-bond donors (Lipinski definition) is 1. The number of ether oxygens (including phenoxy) is 3. The van der Waals surface area contributed by atoms with E-state index in [0.717, 1.165) is 23.3 Å². The van der Waals surface area contributed by atoms with Gasteiger partial charge in [-0.15, -0.1) is 0 Å². The lowest BCUT2D eigenvalue weighted by molar-refractivity contribution is -0.132. The van der Waals surface area contributed by atoms with Crippen LogP contribution in [0.5, 0.6) is 11.5 Å². The lowest BCUT2D eigenvalue weighted by atomic mass is 9.89. The van der Waals surface area contributed by atoms with E-state index < -0.39 is 6.09 Å². The third kappa shape index (κ3) is 5.38. The number of anilines is 1. The second-order valence-electron chi connectivity index (χ2n) is 7.44. The molecule has 1 aliphatic rings. The molecule has 1 aliphatic heterocycles. The van der Waals surface area contributed by atoms with Crippen LogP contribution in [0.25, 0.3) is 0 Å². The standard InChI is InChI=1S/C24H29N3O5/c1-5-17-15-22(28)27(13-12-16-6-9-19(10-7-16)25-24(29)32-4)26-23(17)18-8-11-20(30-2)21(14-18)31-3/h6-11,14,17H,5,12-13,15H2,1-4H3,(H,25,29). The summed E-state index contributed by atoms with van der Waals surface area (Å²) < 4.78 is 15.4. The van der Waals surface area contributed by atoms with Crippen LogP contribution in [0, 0.1) is 5.92 Å². The highest BCUT2D eigenvalue weighted by Gasteiger charge is 2.29. The molecule has 32 heavy (non-hydrogen) atoms. The molecule has 0 aliphatic carbocycles. The van der Waals surface area contributed by atoms with Crippen LogP contribution in [-0.4, -0.2) is 50.6 Å². The van der Waals surface area contributed by atoms with E-state index in [0.29, 0.717) is 36.6 Å². The summed E-state index contributed by atoms with van der Waals surface area (Å²) in [7, 11) is 4.52. The van der Waals surface area contributed by atoms with Gasteiger partial charge in [0.05, 0.1) is 27.0 Å². The predicted octanol–water partition coefficient (Wildman–Crippen LogP) is 4.09. The molecule has 0 aromatic heterocycles. The van der Waals surface area contributed by atoms with Crippen LogP contribution in [0.2, 0.25) is 0 Å². The normalized spacial score (nSPS) is 15.8. The Morgan fingerprint density at radius 2 is 1.81 bits per heavy atom. The van der Waals surface area contributed by atoms with Crippen molar-refractivity contribution in [3.05, 3.63) is 53.6 Å². The first-order chi connectivity index (χ1) is 15.5. The molecule has 0 spiro atoms. The molecular weight excluding hydrogens is 410 g/mol. The number of nitrogens with one attached hydrogen (secondary N) is 1. The molecule has 2 aromatic carbocycles. The molecule has 0 saturated heterocycles. The van der Waals surface area contributed by atoms with Gasteiger partial charge < -0.3 is 14.2 Å². The fourth-order valence-electron chi connectivity index (χ4n) is 3.64. The zero-order chi connectivity index (χ0) is 23.1. The number of methoxy groups -OCH3 is 3. The van der Waals surface area contributed by atoms with Gasteiger partial charge in [0.2, 0.25) is 5.91 Å². The molecule has 0 bridgehead atoms. The summed E-state index contributed by atoms with van der Waals surface area (Å²) in [6.07, 6.45) is 1.37. The monoisotopic (exact) mass is 439 g/mol. The number of benzene rings is 2. The van der Waals surface area contributed by atoms with Crippen molar-refractivity contribution in [1.29, 1.82) is 0 Å². The highest BCUT2D eigenvalue weighted by Crippen LogP contribution is 2.31. The molecule has 2 amide bonds. The molecule has 1 heterocycles. The van der Waals surface area contributed by atoms with Gasteiger partial charge in [0, 0.05) is 30.1 Å². The number of hydrazone groups is 1. The fraction of sp³-hybridized carbons (Fsp3) is 0.375. The molecule has 8 heteroatoms. The predicted molar refractivity (Wildman–Crippen MR) is 122 cm³/mol.